The van der Waals surface area contributed by atoms with Crippen molar-refractivity contribution in [1.82, 2.24) is 20.4 Å². The molecule has 0 spiro atoms. The second-order valence-electron chi connectivity index (χ2n) is 6.53. The molecule has 2 aromatic rings. The van der Waals surface area contributed by atoms with Crippen molar-refractivity contribution in [2.45, 2.75) is 38.8 Å². The Morgan fingerprint density at radius 2 is 2.12 bits per heavy atom. The highest BCUT2D eigenvalue weighted by Gasteiger charge is 2.28. The molecular weight excluding hydrogens is 326 g/mol. The topological polar surface area (TPSA) is 59.0 Å². The molecule has 1 fully saturated rings. The largest absolute Gasteiger partial charge is 0.350 e. The van der Waals surface area contributed by atoms with Gasteiger partial charge in [-0.05, 0) is 50.6 Å². The van der Waals surface area contributed by atoms with Gasteiger partial charge in [-0.25, -0.2) is 8.78 Å². The Balaban J connectivity index is 1.71. The molecule has 7 heteroatoms. The lowest BCUT2D eigenvalue weighted by atomic mass is 9.86. The number of aromatic nitrogens is 2. The maximum absolute atomic E-state index is 13.6. The maximum atomic E-state index is 13.6. The van der Waals surface area contributed by atoms with Crippen molar-refractivity contribution in [3.63, 3.8) is 0 Å². The van der Waals surface area contributed by atoms with E-state index in [9.17, 15) is 13.6 Å². The van der Waals surface area contributed by atoms with Gasteiger partial charge in [0.1, 0.15) is 6.54 Å². The zero-order valence-corrected chi connectivity index (χ0v) is 14.4. The summed E-state index contributed by atoms with van der Waals surface area (Å²) in [5, 5.41) is 10.5. The molecule has 1 aromatic carbocycles. The fraction of sp³-hybridized carbons (Fsp3) is 0.444. The summed E-state index contributed by atoms with van der Waals surface area (Å²) in [4.78, 5) is 12.4. The Morgan fingerprint density at radius 3 is 2.80 bits per heavy atom. The van der Waals surface area contributed by atoms with Gasteiger partial charge in [0.05, 0.1) is 5.69 Å². The van der Waals surface area contributed by atoms with Gasteiger partial charge in [0.2, 0.25) is 5.91 Å². The van der Waals surface area contributed by atoms with Gasteiger partial charge in [0.25, 0.3) is 0 Å². The van der Waals surface area contributed by atoms with E-state index in [-0.39, 0.29) is 24.4 Å². The van der Waals surface area contributed by atoms with E-state index in [1.165, 1.54) is 6.07 Å². The first kappa shape index (κ1) is 17.5. The minimum absolute atomic E-state index is 0.0549. The number of nitrogens with zero attached hydrogens (tertiary/aromatic N) is 2. The fourth-order valence-electron chi connectivity index (χ4n) is 3.38. The normalized spacial score (nSPS) is 20.5. The highest BCUT2D eigenvalue weighted by atomic mass is 19.2. The third-order valence-corrected chi connectivity index (χ3v) is 4.60. The number of rotatable bonds is 4. The van der Waals surface area contributed by atoms with Crippen LogP contribution in [0.15, 0.2) is 24.3 Å². The van der Waals surface area contributed by atoms with Crippen molar-refractivity contribution in [2.75, 3.05) is 13.1 Å². The first-order valence-corrected chi connectivity index (χ1v) is 8.40. The lowest BCUT2D eigenvalue weighted by Gasteiger charge is -2.33. The number of piperidine rings is 1. The predicted molar refractivity (Wildman–Crippen MR) is 90.2 cm³/mol. The Labute approximate surface area is 145 Å². The van der Waals surface area contributed by atoms with Crippen LogP contribution in [0.2, 0.25) is 0 Å². The second-order valence-corrected chi connectivity index (χ2v) is 6.53. The number of carbonyl (C=O) groups excluding carboxylic acids is 1. The van der Waals surface area contributed by atoms with E-state index in [4.69, 9.17) is 0 Å². The minimum atomic E-state index is -0.859. The number of amides is 1. The van der Waals surface area contributed by atoms with Crippen molar-refractivity contribution in [1.29, 1.82) is 0 Å². The molecule has 2 unspecified atom stereocenters. The summed E-state index contributed by atoms with van der Waals surface area (Å²) in [7, 11) is 0. The lowest BCUT2D eigenvalue weighted by Crippen LogP contribution is -2.50. The Kier molecular flexibility index (Phi) is 5.13. The van der Waals surface area contributed by atoms with Crippen LogP contribution in [-0.2, 0) is 11.3 Å². The van der Waals surface area contributed by atoms with E-state index in [0.717, 1.165) is 30.4 Å². The zero-order chi connectivity index (χ0) is 18.0. The molecule has 5 nitrogen and oxygen atoms in total. The SMILES string of the molecule is Cc1cc(C)n(CC(=O)NC2CNCCC2c2ccc(F)c(F)c2)n1. The first-order valence-electron chi connectivity index (χ1n) is 8.40. The van der Waals surface area contributed by atoms with Crippen LogP contribution in [0, 0.1) is 25.5 Å². The lowest BCUT2D eigenvalue weighted by molar-refractivity contribution is -0.122. The molecule has 0 aliphatic carbocycles. The molecule has 1 aliphatic heterocycles. The fourth-order valence-corrected chi connectivity index (χ4v) is 3.38. The average Bonchev–Trinajstić information content (AvgIpc) is 2.88. The van der Waals surface area contributed by atoms with Gasteiger partial charge in [0.15, 0.2) is 11.6 Å². The molecule has 1 saturated heterocycles. The van der Waals surface area contributed by atoms with Gasteiger partial charge in [-0.2, -0.15) is 5.10 Å². The third kappa shape index (κ3) is 4.04. The van der Waals surface area contributed by atoms with Crippen molar-refractivity contribution in [2.24, 2.45) is 0 Å². The van der Waals surface area contributed by atoms with E-state index < -0.39 is 11.6 Å². The van der Waals surface area contributed by atoms with Gasteiger partial charge in [0, 0.05) is 24.2 Å². The zero-order valence-electron chi connectivity index (χ0n) is 14.4. The summed E-state index contributed by atoms with van der Waals surface area (Å²) in [6, 6.07) is 5.70. The summed E-state index contributed by atoms with van der Waals surface area (Å²) in [6.45, 7) is 5.28. The number of nitrogens with one attached hydrogen (secondary N) is 2. The van der Waals surface area contributed by atoms with E-state index in [0.29, 0.717) is 12.1 Å². The molecule has 0 bridgehead atoms. The molecule has 1 aromatic heterocycles. The van der Waals surface area contributed by atoms with Crippen molar-refractivity contribution >= 4 is 5.91 Å². The van der Waals surface area contributed by atoms with Gasteiger partial charge >= 0.3 is 0 Å². The van der Waals surface area contributed by atoms with Crippen molar-refractivity contribution in [3.8, 4) is 0 Å². The molecule has 2 heterocycles. The van der Waals surface area contributed by atoms with Crippen molar-refractivity contribution in [3.05, 3.63) is 52.9 Å². The Hall–Kier alpha value is -2.28. The predicted octanol–water partition coefficient (Wildman–Crippen LogP) is 2.04. The minimum Gasteiger partial charge on any atom is -0.350 e. The average molecular weight is 348 g/mol. The second kappa shape index (κ2) is 7.31. The van der Waals surface area contributed by atoms with Crippen LogP contribution in [0.1, 0.15) is 29.3 Å². The molecule has 3 rings (SSSR count). The molecule has 0 saturated carbocycles. The van der Waals surface area contributed by atoms with Crippen LogP contribution in [0.5, 0.6) is 0 Å². The standard InChI is InChI=1S/C18H22F2N4O/c1-11-7-12(2)24(23-11)10-18(25)22-17-9-21-6-5-14(17)13-3-4-15(19)16(20)8-13/h3-4,7-8,14,17,21H,5-6,9-10H2,1-2H3,(H,22,25). The van der Waals surface area contributed by atoms with Crippen LogP contribution >= 0.6 is 0 Å². The highest BCUT2D eigenvalue weighted by Crippen LogP contribution is 2.27. The molecular formula is C18H22F2N4O. The number of halogens is 2. The summed E-state index contributed by atoms with van der Waals surface area (Å²) in [5.74, 6) is -1.92. The highest BCUT2D eigenvalue weighted by molar-refractivity contribution is 5.76. The molecule has 2 N–H and O–H groups in total. The summed E-state index contributed by atoms with van der Waals surface area (Å²) >= 11 is 0. The van der Waals surface area contributed by atoms with E-state index in [2.05, 4.69) is 15.7 Å². The summed E-state index contributed by atoms with van der Waals surface area (Å²) in [5.41, 5.74) is 2.49. The van der Waals surface area contributed by atoms with Crippen LogP contribution < -0.4 is 10.6 Å². The van der Waals surface area contributed by atoms with E-state index in [1.54, 1.807) is 10.7 Å². The van der Waals surface area contributed by atoms with E-state index >= 15 is 0 Å². The van der Waals surface area contributed by atoms with Gasteiger partial charge < -0.3 is 10.6 Å². The molecule has 134 valence electrons. The van der Waals surface area contributed by atoms with Crippen LogP contribution in [-0.4, -0.2) is 34.8 Å². The van der Waals surface area contributed by atoms with E-state index in [1.807, 2.05) is 19.9 Å². The molecule has 0 radical (unpaired) electrons. The first-order chi connectivity index (χ1) is 11.9. The molecule has 2 atom stereocenters. The smallest absolute Gasteiger partial charge is 0.242 e. The number of benzene rings is 1. The Bertz CT molecular complexity index is 774. The van der Waals surface area contributed by atoms with Crippen LogP contribution in [0.4, 0.5) is 8.78 Å². The summed E-state index contributed by atoms with van der Waals surface area (Å²) < 4.78 is 28.4. The van der Waals surface area contributed by atoms with Crippen LogP contribution in [0.25, 0.3) is 0 Å². The summed E-state index contributed by atoms with van der Waals surface area (Å²) in [6.07, 6.45) is 0.746. The van der Waals surface area contributed by atoms with Gasteiger partial charge in [-0.1, -0.05) is 6.07 Å². The van der Waals surface area contributed by atoms with Crippen molar-refractivity contribution < 1.29 is 13.6 Å². The molecule has 1 amide bonds. The molecule has 1 aliphatic rings. The van der Waals surface area contributed by atoms with Gasteiger partial charge in [-0.15, -0.1) is 0 Å². The number of hydrogen-bond donors (Lipinski definition) is 2. The monoisotopic (exact) mass is 348 g/mol. The number of hydrogen-bond acceptors (Lipinski definition) is 3. The number of carbonyl (C=O) groups is 1. The van der Waals surface area contributed by atoms with Crippen LogP contribution in [0.3, 0.4) is 0 Å². The maximum Gasteiger partial charge on any atom is 0.242 e. The number of aryl methyl sites for hydroxylation is 2. The molecule has 25 heavy (non-hydrogen) atoms. The third-order valence-electron chi connectivity index (χ3n) is 4.60. The van der Waals surface area contributed by atoms with Gasteiger partial charge in [-0.3, -0.25) is 9.48 Å². The Morgan fingerprint density at radius 1 is 1.32 bits per heavy atom. The quantitative estimate of drug-likeness (QED) is 0.889.